The molecule has 1 N–H and O–H groups in total. The molecule has 0 aliphatic rings. The van der Waals surface area contributed by atoms with Gasteiger partial charge in [0, 0.05) is 24.1 Å². The highest BCUT2D eigenvalue weighted by molar-refractivity contribution is 5.91. The van der Waals surface area contributed by atoms with E-state index in [-0.39, 0.29) is 5.91 Å². The van der Waals surface area contributed by atoms with Crippen LogP contribution >= 0.6 is 0 Å². The highest BCUT2D eigenvalue weighted by Gasteiger charge is 2.13. The monoisotopic (exact) mass is 409 g/mol. The van der Waals surface area contributed by atoms with Crippen LogP contribution < -0.4 is 14.8 Å². The summed E-state index contributed by atoms with van der Waals surface area (Å²) in [6, 6.07) is 11.5. The summed E-state index contributed by atoms with van der Waals surface area (Å²) >= 11 is 0. The van der Waals surface area contributed by atoms with Crippen molar-refractivity contribution in [3.8, 4) is 22.9 Å². The standard InChI is InChI=1S/C23H27N3O4/c1-5-29-19-12-11-17(14-20(19)28-4)23-25-22(30-26-23)8-6-7-21(27)24-18-13-15(2)9-10-16(18)3/h9-14H,5-8H2,1-4H3,(H,24,27). The van der Waals surface area contributed by atoms with Crippen molar-refractivity contribution in [3.63, 3.8) is 0 Å². The van der Waals surface area contributed by atoms with Crippen LogP contribution in [0.4, 0.5) is 5.69 Å². The smallest absolute Gasteiger partial charge is 0.226 e. The first kappa shape index (κ1) is 21.4. The first-order chi connectivity index (χ1) is 14.5. The van der Waals surface area contributed by atoms with Gasteiger partial charge in [-0.05, 0) is 62.6 Å². The predicted molar refractivity (Wildman–Crippen MR) is 115 cm³/mol. The Morgan fingerprint density at radius 2 is 1.97 bits per heavy atom. The van der Waals surface area contributed by atoms with Gasteiger partial charge in [0.2, 0.25) is 17.6 Å². The number of hydrogen-bond donors (Lipinski definition) is 1. The predicted octanol–water partition coefficient (Wildman–Crippen LogP) is 4.72. The first-order valence-electron chi connectivity index (χ1n) is 10.0. The lowest BCUT2D eigenvalue weighted by atomic mass is 10.1. The van der Waals surface area contributed by atoms with Crippen LogP contribution in [0.5, 0.6) is 11.5 Å². The second-order valence-corrected chi connectivity index (χ2v) is 7.03. The number of benzene rings is 2. The summed E-state index contributed by atoms with van der Waals surface area (Å²) < 4.78 is 16.2. The van der Waals surface area contributed by atoms with Gasteiger partial charge < -0.3 is 19.3 Å². The van der Waals surface area contributed by atoms with E-state index in [1.807, 2.05) is 57.2 Å². The van der Waals surface area contributed by atoms with Crippen molar-refractivity contribution >= 4 is 11.6 Å². The third kappa shape index (κ3) is 5.37. The zero-order chi connectivity index (χ0) is 21.5. The number of amides is 1. The number of rotatable bonds is 9. The van der Waals surface area contributed by atoms with Crippen LogP contribution in [0.1, 0.15) is 36.8 Å². The molecule has 0 saturated carbocycles. The summed E-state index contributed by atoms with van der Waals surface area (Å²) in [6.07, 6.45) is 1.52. The minimum absolute atomic E-state index is 0.0281. The van der Waals surface area contributed by atoms with Crippen molar-refractivity contribution in [3.05, 3.63) is 53.4 Å². The van der Waals surface area contributed by atoms with Gasteiger partial charge in [-0.2, -0.15) is 4.98 Å². The lowest BCUT2D eigenvalue weighted by molar-refractivity contribution is -0.116. The molecule has 7 nitrogen and oxygen atoms in total. The van der Waals surface area contributed by atoms with E-state index in [1.165, 1.54) is 0 Å². The molecule has 0 spiro atoms. The van der Waals surface area contributed by atoms with Crippen LogP contribution in [-0.4, -0.2) is 29.8 Å². The number of anilines is 1. The van der Waals surface area contributed by atoms with Crippen LogP contribution in [0.2, 0.25) is 0 Å². The Hall–Kier alpha value is -3.35. The summed E-state index contributed by atoms with van der Waals surface area (Å²) in [5, 5.41) is 7.01. The van der Waals surface area contributed by atoms with E-state index in [0.717, 1.165) is 22.4 Å². The molecule has 1 heterocycles. The zero-order valence-corrected chi connectivity index (χ0v) is 17.8. The van der Waals surface area contributed by atoms with E-state index in [4.69, 9.17) is 14.0 Å². The highest BCUT2D eigenvalue weighted by atomic mass is 16.5. The third-order valence-corrected chi connectivity index (χ3v) is 4.65. The molecular weight excluding hydrogens is 382 g/mol. The molecule has 0 radical (unpaired) electrons. The Kier molecular flexibility index (Phi) is 7.06. The SMILES string of the molecule is CCOc1ccc(-c2noc(CCCC(=O)Nc3cc(C)ccc3C)n2)cc1OC. The molecule has 0 atom stereocenters. The molecule has 0 unspecified atom stereocenters. The minimum atomic E-state index is -0.0281. The number of hydrogen-bond acceptors (Lipinski definition) is 6. The first-order valence-corrected chi connectivity index (χ1v) is 10.0. The normalized spacial score (nSPS) is 10.7. The Bertz CT molecular complexity index is 1010. The molecule has 1 amide bonds. The number of carbonyl (C=O) groups excluding carboxylic acids is 1. The molecule has 3 aromatic rings. The average Bonchev–Trinajstić information content (AvgIpc) is 3.20. The summed E-state index contributed by atoms with van der Waals surface area (Å²) in [5.74, 6) is 2.23. The number of carbonyl (C=O) groups is 1. The zero-order valence-electron chi connectivity index (χ0n) is 17.8. The fraction of sp³-hybridized carbons (Fsp3) is 0.348. The third-order valence-electron chi connectivity index (χ3n) is 4.65. The second-order valence-electron chi connectivity index (χ2n) is 7.03. The Morgan fingerprint density at radius 1 is 1.13 bits per heavy atom. The number of aromatic nitrogens is 2. The maximum atomic E-state index is 12.2. The number of nitrogens with zero attached hydrogens (tertiary/aromatic N) is 2. The minimum Gasteiger partial charge on any atom is -0.493 e. The van der Waals surface area contributed by atoms with E-state index in [2.05, 4.69) is 15.5 Å². The Labute approximate surface area is 176 Å². The molecule has 0 bridgehead atoms. The summed E-state index contributed by atoms with van der Waals surface area (Å²) in [7, 11) is 1.59. The van der Waals surface area contributed by atoms with E-state index in [0.29, 0.717) is 49.1 Å². The summed E-state index contributed by atoms with van der Waals surface area (Å²) in [6.45, 7) is 6.45. The second kappa shape index (κ2) is 9.91. The van der Waals surface area contributed by atoms with Gasteiger partial charge in [-0.15, -0.1) is 0 Å². The van der Waals surface area contributed by atoms with Crippen molar-refractivity contribution in [1.82, 2.24) is 10.1 Å². The quantitative estimate of drug-likeness (QED) is 0.550. The van der Waals surface area contributed by atoms with Gasteiger partial charge in [0.25, 0.3) is 0 Å². The molecule has 0 fully saturated rings. The fourth-order valence-corrected chi connectivity index (χ4v) is 3.04. The fourth-order valence-electron chi connectivity index (χ4n) is 3.04. The highest BCUT2D eigenvalue weighted by Crippen LogP contribution is 2.31. The van der Waals surface area contributed by atoms with Crippen LogP contribution in [0.15, 0.2) is 40.9 Å². The lowest BCUT2D eigenvalue weighted by Crippen LogP contribution is -2.12. The number of methoxy groups -OCH3 is 1. The van der Waals surface area contributed by atoms with Crippen molar-refractivity contribution < 1.29 is 18.8 Å². The number of aryl methyl sites for hydroxylation is 3. The molecule has 3 rings (SSSR count). The largest absolute Gasteiger partial charge is 0.493 e. The Balaban J connectivity index is 1.56. The molecule has 30 heavy (non-hydrogen) atoms. The van der Waals surface area contributed by atoms with Gasteiger partial charge >= 0.3 is 0 Å². The summed E-state index contributed by atoms with van der Waals surface area (Å²) in [5.41, 5.74) is 3.78. The molecule has 1 aromatic heterocycles. The van der Waals surface area contributed by atoms with Gasteiger partial charge in [0.05, 0.1) is 13.7 Å². The van der Waals surface area contributed by atoms with Gasteiger partial charge in [-0.1, -0.05) is 17.3 Å². The van der Waals surface area contributed by atoms with Crippen molar-refractivity contribution in [1.29, 1.82) is 0 Å². The number of nitrogens with one attached hydrogen (secondary N) is 1. The molecule has 0 saturated heterocycles. The van der Waals surface area contributed by atoms with E-state index in [9.17, 15) is 4.79 Å². The van der Waals surface area contributed by atoms with Crippen molar-refractivity contribution in [2.45, 2.75) is 40.0 Å². The van der Waals surface area contributed by atoms with E-state index < -0.39 is 0 Å². The Morgan fingerprint density at radius 3 is 2.73 bits per heavy atom. The van der Waals surface area contributed by atoms with Crippen LogP contribution in [0.3, 0.4) is 0 Å². The molecule has 7 heteroatoms. The van der Waals surface area contributed by atoms with Crippen LogP contribution in [0.25, 0.3) is 11.4 Å². The maximum Gasteiger partial charge on any atom is 0.226 e. The topological polar surface area (TPSA) is 86.5 Å². The van der Waals surface area contributed by atoms with Crippen LogP contribution in [0, 0.1) is 13.8 Å². The van der Waals surface area contributed by atoms with Gasteiger partial charge in [-0.3, -0.25) is 4.79 Å². The van der Waals surface area contributed by atoms with E-state index >= 15 is 0 Å². The lowest BCUT2D eigenvalue weighted by Gasteiger charge is -2.09. The molecule has 158 valence electrons. The maximum absolute atomic E-state index is 12.2. The van der Waals surface area contributed by atoms with Crippen molar-refractivity contribution in [2.75, 3.05) is 19.0 Å². The molecular formula is C23H27N3O4. The average molecular weight is 409 g/mol. The summed E-state index contributed by atoms with van der Waals surface area (Å²) in [4.78, 5) is 16.7. The molecule has 0 aliphatic heterocycles. The number of ether oxygens (including phenoxy) is 2. The van der Waals surface area contributed by atoms with Crippen LogP contribution in [-0.2, 0) is 11.2 Å². The van der Waals surface area contributed by atoms with Gasteiger partial charge in [-0.25, -0.2) is 0 Å². The van der Waals surface area contributed by atoms with Gasteiger partial charge in [0.15, 0.2) is 11.5 Å². The molecule has 0 aliphatic carbocycles. The van der Waals surface area contributed by atoms with Gasteiger partial charge in [0.1, 0.15) is 0 Å². The van der Waals surface area contributed by atoms with E-state index in [1.54, 1.807) is 7.11 Å². The molecule has 2 aromatic carbocycles. The van der Waals surface area contributed by atoms with Crippen molar-refractivity contribution in [2.24, 2.45) is 0 Å².